The van der Waals surface area contributed by atoms with E-state index in [0.29, 0.717) is 11.1 Å². The lowest BCUT2D eigenvalue weighted by Gasteiger charge is -2.02. The maximum absolute atomic E-state index is 10.8. The van der Waals surface area contributed by atoms with Gasteiger partial charge in [-0.1, -0.05) is 11.6 Å². The summed E-state index contributed by atoms with van der Waals surface area (Å²) in [4.78, 5) is 0. The van der Waals surface area contributed by atoms with Gasteiger partial charge in [-0.3, -0.25) is 0 Å². The Balaban J connectivity index is 3.15. The lowest BCUT2D eigenvalue weighted by atomic mass is 10.1. The number of sulfonamides is 1. The van der Waals surface area contributed by atoms with Crippen LogP contribution in [0.15, 0.2) is 18.2 Å². The normalized spacial score (nSPS) is 10.9. The second-order valence-corrected chi connectivity index (χ2v) is 4.75. The zero-order chi connectivity index (χ0) is 10.8. The second kappa shape index (κ2) is 3.96. The standard InChI is InChI=1S/C8H7ClN2O2S/c9-8-2-1-6(4-10)3-7(8)5-14(11,12)13/h1-3H,5H2,(H2,11,12,13). The highest BCUT2D eigenvalue weighted by Crippen LogP contribution is 2.18. The van der Waals surface area contributed by atoms with Crippen LogP contribution >= 0.6 is 11.6 Å². The van der Waals surface area contributed by atoms with Crippen LogP contribution in [-0.4, -0.2) is 8.42 Å². The summed E-state index contributed by atoms with van der Waals surface area (Å²) in [5, 5.41) is 13.7. The lowest BCUT2D eigenvalue weighted by molar-refractivity contribution is 0.597. The number of nitriles is 1. The van der Waals surface area contributed by atoms with Crippen molar-refractivity contribution in [1.82, 2.24) is 0 Å². The SMILES string of the molecule is N#Cc1ccc(Cl)c(CS(N)(=O)=O)c1. The Kier molecular flexibility index (Phi) is 3.11. The van der Waals surface area contributed by atoms with Crippen LogP contribution in [0.25, 0.3) is 0 Å². The van der Waals surface area contributed by atoms with Crippen LogP contribution in [0, 0.1) is 11.3 Å². The molecule has 0 bridgehead atoms. The highest BCUT2D eigenvalue weighted by atomic mass is 35.5. The summed E-state index contributed by atoms with van der Waals surface area (Å²) >= 11 is 5.73. The fraction of sp³-hybridized carbons (Fsp3) is 0.125. The average molecular weight is 231 g/mol. The molecule has 0 fully saturated rings. The highest BCUT2D eigenvalue weighted by molar-refractivity contribution is 7.88. The first kappa shape index (κ1) is 11.0. The highest BCUT2D eigenvalue weighted by Gasteiger charge is 2.09. The minimum absolute atomic E-state index is 0.290. The van der Waals surface area contributed by atoms with Crippen molar-refractivity contribution in [2.75, 3.05) is 0 Å². The van der Waals surface area contributed by atoms with Gasteiger partial charge in [0.1, 0.15) is 0 Å². The Labute approximate surface area is 87.0 Å². The quantitative estimate of drug-likeness (QED) is 0.823. The van der Waals surface area contributed by atoms with E-state index in [1.165, 1.54) is 18.2 Å². The van der Waals surface area contributed by atoms with Gasteiger partial charge in [-0.15, -0.1) is 0 Å². The van der Waals surface area contributed by atoms with Crippen LogP contribution in [0.3, 0.4) is 0 Å². The van der Waals surface area contributed by atoms with E-state index in [1.54, 1.807) is 0 Å². The number of primary sulfonamides is 1. The zero-order valence-corrected chi connectivity index (χ0v) is 8.64. The molecule has 0 aliphatic carbocycles. The van der Waals surface area contributed by atoms with Crippen molar-refractivity contribution in [1.29, 1.82) is 5.26 Å². The van der Waals surface area contributed by atoms with Crippen molar-refractivity contribution < 1.29 is 8.42 Å². The molecule has 0 aromatic heterocycles. The molecule has 74 valence electrons. The van der Waals surface area contributed by atoms with Gasteiger partial charge in [0.25, 0.3) is 0 Å². The first-order valence-electron chi connectivity index (χ1n) is 3.61. The largest absolute Gasteiger partial charge is 0.228 e. The summed E-state index contributed by atoms with van der Waals surface area (Å²) in [6, 6.07) is 6.28. The molecule has 1 aromatic rings. The third kappa shape index (κ3) is 3.00. The fourth-order valence-corrected chi connectivity index (χ4v) is 1.91. The van der Waals surface area contributed by atoms with Crippen LogP contribution in [0.2, 0.25) is 5.02 Å². The zero-order valence-electron chi connectivity index (χ0n) is 7.07. The van der Waals surface area contributed by atoms with Crippen molar-refractivity contribution >= 4 is 21.6 Å². The summed E-state index contributed by atoms with van der Waals surface area (Å²) in [7, 11) is -3.62. The molecule has 1 aromatic carbocycles. The van der Waals surface area contributed by atoms with Gasteiger partial charge in [0.2, 0.25) is 10.0 Å². The fourth-order valence-electron chi connectivity index (χ4n) is 0.972. The molecule has 0 aliphatic heterocycles. The molecule has 1 rings (SSSR count). The number of nitrogens with two attached hydrogens (primary N) is 1. The van der Waals surface area contributed by atoms with Crippen molar-refractivity contribution in [2.45, 2.75) is 5.75 Å². The molecule has 14 heavy (non-hydrogen) atoms. The van der Waals surface area contributed by atoms with Gasteiger partial charge in [-0.2, -0.15) is 5.26 Å². The molecule has 0 unspecified atom stereocenters. The van der Waals surface area contributed by atoms with Crippen LogP contribution in [-0.2, 0) is 15.8 Å². The van der Waals surface area contributed by atoms with Crippen LogP contribution in [0.1, 0.15) is 11.1 Å². The Morgan fingerprint density at radius 2 is 2.14 bits per heavy atom. The minimum atomic E-state index is -3.62. The average Bonchev–Trinajstić information content (AvgIpc) is 2.06. The van der Waals surface area contributed by atoms with E-state index in [-0.39, 0.29) is 10.8 Å². The summed E-state index contributed by atoms with van der Waals surface area (Å²) < 4.78 is 21.6. The van der Waals surface area contributed by atoms with Gasteiger partial charge >= 0.3 is 0 Å². The maximum atomic E-state index is 10.8. The third-order valence-corrected chi connectivity index (χ3v) is 2.61. The number of halogens is 1. The number of nitrogens with zero attached hydrogens (tertiary/aromatic N) is 1. The molecule has 0 saturated heterocycles. The van der Waals surface area contributed by atoms with Crippen LogP contribution in [0.5, 0.6) is 0 Å². The molecule has 0 heterocycles. The smallest absolute Gasteiger partial charge is 0.213 e. The Morgan fingerprint density at radius 1 is 1.50 bits per heavy atom. The van der Waals surface area contributed by atoms with Crippen molar-refractivity contribution in [3.05, 3.63) is 34.3 Å². The predicted molar refractivity (Wildman–Crippen MR) is 53.0 cm³/mol. The predicted octanol–water partition coefficient (Wildman–Crippen LogP) is 1.00. The van der Waals surface area contributed by atoms with Gasteiger partial charge < -0.3 is 0 Å². The molecule has 2 N–H and O–H groups in total. The lowest BCUT2D eigenvalue weighted by Crippen LogP contribution is -2.14. The monoisotopic (exact) mass is 230 g/mol. The number of hydrogen-bond acceptors (Lipinski definition) is 3. The molecule has 0 amide bonds. The molecule has 4 nitrogen and oxygen atoms in total. The summed E-state index contributed by atoms with van der Waals surface area (Å²) in [6.45, 7) is 0. The molecule has 0 spiro atoms. The van der Waals surface area contributed by atoms with Gasteiger partial charge in [0.05, 0.1) is 17.4 Å². The molecular weight excluding hydrogens is 224 g/mol. The van der Waals surface area contributed by atoms with E-state index in [0.717, 1.165) is 0 Å². The minimum Gasteiger partial charge on any atom is -0.228 e. The van der Waals surface area contributed by atoms with Crippen molar-refractivity contribution in [3.8, 4) is 6.07 Å². The molecule has 0 aliphatic rings. The van der Waals surface area contributed by atoms with Crippen LogP contribution in [0.4, 0.5) is 0 Å². The molecule has 0 radical (unpaired) electrons. The summed E-state index contributed by atoms with van der Waals surface area (Å²) in [5.41, 5.74) is 0.696. The number of rotatable bonds is 2. The third-order valence-electron chi connectivity index (χ3n) is 1.53. The van der Waals surface area contributed by atoms with Crippen LogP contribution < -0.4 is 5.14 Å². The van der Waals surface area contributed by atoms with E-state index in [2.05, 4.69) is 0 Å². The van der Waals surface area contributed by atoms with Gasteiger partial charge in [-0.25, -0.2) is 13.6 Å². The van der Waals surface area contributed by atoms with E-state index in [1.807, 2.05) is 6.07 Å². The molecule has 0 saturated carbocycles. The Hall–Kier alpha value is -1.09. The van der Waals surface area contributed by atoms with Gasteiger partial charge in [-0.05, 0) is 23.8 Å². The Morgan fingerprint density at radius 3 is 2.64 bits per heavy atom. The van der Waals surface area contributed by atoms with E-state index in [4.69, 9.17) is 22.0 Å². The molecule has 6 heteroatoms. The van der Waals surface area contributed by atoms with E-state index in [9.17, 15) is 8.42 Å². The molecular formula is C8H7ClN2O2S. The van der Waals surface area contributed by atoms with E-state index < -0.39 is 10.0 Å². The second-order valence-electron chi connectivity index (χ2n) is 2.73. The summed E-state index contributed by atoms with van der Waals surface area (Å²) in [6.07, 6.45) is 0. The van der Waals surface area contributed by atoms with Crippen molar-refractivity contribution in [2.24, 2.45) is 5.14 Å². The topological polar surface area (TPSA) is 83.9 Å². The maximum Gasteiger partial charge on any atom is 0.213 e. The number of benzene rings is 1. The molecule has 0 atom stereocenters. The number of hydrogen-bond donors (Lipinski definition) is 1. The van der Waals surface area contributed by atoms with Gasteiger partial charge in [0, 0.05) is 5.02 Å². The Bertz CT molecular complexity index is 491. The van der Waals surface area contributed by atoms with Crippen molar-refractivity contribution in [3.63, 3.8) is 0 Å². The van der Waals surface area contributed by atoms with E-state index >= 15 is 0 Å². The first-order chi connectivity index (χ1) is 6.42. The first-order valence-corrected chi connectivity index (χ1v) is 5.71. The van der Waals surface area contributed by atoms with Gasteiger partial charge in [0.15, 0.2) is 0 Å². The summed E-state index contributed by atoms with van der Waals surface area (Å²) in [5.74, 6) is -0.360.